The molecule has 1 amide bonds. The Morgan fingerprint density at radius 1 is 1.12 bits per heavy atom. The van der Waals surface area contributed by atoms with Crippen molar-refractivity contribution >= 4 is 11.9 Å². The lowest BCUT2D eigenvalue weighted by Gasteiger charge is -2.11. The fraction of sp³-hybridized carbons (Fsp3) is 0.600. The number of hydrogen-bond acceptors (Lipinski definition) is 3. The number of benzene rings is 1. The van der Waals surface area contributed by atoms with Crippen molar-refractivity contribution in [2.45, 2.75) is 39.2 Å². The monoisotopic (exact) mass is 360 g/mol. The molecule has 6 heteroatoms. The van der Waals surface area contributed by atoms with Crippen LogP contribution in [0.15, 0.2) is 35.3 Å². The van der Waals surface area contributed by atoms with Gasteiger partial charge in [-0.2, -0.15) is 0 Å². The van der Waals surface area contributed by atoms with E-state index in [0.717, 1.165) is 51.3 Å². The van der Waals surface area contributed by atoms with E-state index in [9.17, 15) is 4.79 Å². The minimum atomic E-state index is 0.184. The van der Waals surface area contributed by atoms with Gasteiger partial charge in [0, 0.05) is 38.7 Å². The number of hydrogen-bond donors (Lipinski definition) is 3. The molecule has 1 aliphatic carbocycles. The molecule has 26 heavy (non-hydrogen) atoms. The van der Waals surface area contributed by atoms with Gasteiger partial charge >= 0.3 is 0 Å². The molecule has 0 bridgehead atoms. The maximum Gasteiger partial charge on any atom is 0.223 e. The number of carbonyl (C=O) groups excluding carboxylic acids is 1. The summed E-state index contributed by atoms with van der Waals surface area (Å²) in [6.07, 6.45) is 4.06. The maximum atomic E-state index is 11.6. The van der Waals surface area contributed by atoms with Crippen LogP contribution in [0.3, 0.4) is 0 Å². The first-order chi connectivity index (χ1) is 12.8. The summed E-state index contributed by atoms with van der Waals surface area (Å²) in [4.78, 5) is 16.1. The fourth-order valence-corrected chi connectivity index (χ4v) is 2.47. The predicted octanol–water partition coefficient (Wildman–Crippen LogP) is 2.06. The van der Waals surface area contributed by atoms with Gasteiger partial charge in [-0.15, -0.1) is 0 Å². The Hall–Kier alpha value is -2.08. The minimum Gasteiger partial charge on any atom is -0.377 e. The van der Waals surface area contributed by atoms with Gasteiger partial charge in [-0.3, -0.25) is 9.79 Å². The summed E-state index contributed by atoms with van der Waals surface area (Å²) < 4.78 is 5.68. The second-order valence-corrected chi connectivity index (χ2v) is 6.50. The first kappa shape index (κ1) is 20.2. The van der Waals surface area contributed by atoms with Gasteiger partial charge < -0.3 is 20.7 Å². The number of ether oxygens (including phenoxy) is 1. The number of amides is 1. The summed E-state index contributed by atoms with van der Waals surface area (Å²) in [6.45, 7) is 6.36. The second-order valence-electron chi connectivity index (χ2n) is 6.50. The summed E-state index contributed by atoms with van der Waals surface area (Å²) in [5.74, 6) is 1.25. The van der Waals surface area contributed by atoms with E-state index < -0.39 is 0 Å². The number of aliphatic imine (C=N–C) groups is 1. The smallest absolute Gasteiger partial charge is 0.223 e. The van der Waals surface area contributed by atoms with E-state index in [1.807, 2.05) is 25.1 Å². The average Bonchev–Trinajstić information content (AvgIpc) is 3.50. The highest BCUT2D eigenvalue weighted by Crippen LogP contribution is 2.28. The molecule has 0 radical (unpaired) electrons. The molecule has 1 fully saturated rings. The van der Waals surface area contributed by atoms with E-state index in [-0.39, 0.29) is 11.8 Å². The summed E-state index contributed by atoms with van der Waals surface area (Å²) in [6, 6.07) is 10.2. The van der Waals surface area contributed by atoms with Crippen LogP contribution in [0, 0.1) is 5.92 Å². The number of unbranched alkanes of at least 4 members (excludes halogenated alkanes) is 1. The van der Waals surface area contributed by atoms with E-state index in [1.54, 1.807) is 0 Å². The molecule has 0 aliphatic heterocycles. The number of guanidine groups is 1. The summed E-state index contributed by atoms with van der Waals surface area (Å²) in [7, 11) is 0. The highest BCUT2D eigenvalue weighted by atomic mass is 16.5. The van der Waals surface area contributed by atoms with Crippen molar-refractivity contribution in [3.05, 3.63) is 35.9 Å². The molecular weight excluding hydrogens is 328 g/mol. The van der Waals surface area contributed by atoms with E-state index in [0.29, 0.717) is 19.7 Å². The highest BCUT2D eigenvalue weighted by molar-refractivity contribution is 5.81. The zero-order valence-corrected chi connectivity index (χ0v) is 15.8. The summed E-state index contributed by atoms with van der Waals surface area (Å²) >= 11 is 0. The predicted molar refractivity (Wildman–Crippen MR) is 105 cm³/mol. The highest BCUT2D eigenvalue weighted by Gasteiger charge is 2.28. The van der Waals surface area contributed by atoms with Gasteiger partial charge in [0.1, 0.15) is 0 Å². The topological polar surface area (TPSA) is 74.8 Å². The number of carbonyl (C=O) groups is 1. The van der Waals surface area contributed by atoms with Crippen molar-refractivity contribution in [3.8, 4) is 0 Å². The van der Waals surface area contributed by atoms with Crippen LogP contribution in [0.5, 0.6) is 0 Å². The Kier molecular flexibility index (Phi) is 9.57. The second kappa shape index (κ2) is 12.3. The van der Waals surface area contributed by atoms with Crippen LogP contribution in [0.2, 0.25) is 0 Å². The van der Waals surface area contributed by atoms with Crippen molar-refractivity contribution in [1.82, 2.24) is 16.0 Å². The van der Waals surface area contributed by atoms with Crippen LogP contribution in [0.1, 0.15) is 38.2 Å². The van der Waals surface area contributed by atoms with Gasteiger partial charge in [-0.05, 0) is 38.2 Å². The first-order valence-electron chi connectivity index (χ1n) is 9.71. The fourth-order valence-electron chi connectivity index (χ4n) is 2.47. The molecule has 0 unspecified atom stereocenters. The van der Waals surface area contributed by atoms with Crippen molar-refractivity contribution in [2.75, 3.05) is 32.8 Å². The Balaban J connectivity index is 1.50. The van der Waals surface area contributed by atoms with Gasteiger partial charge in [-0.1, -0.05) is 30.3 Å². The van der Waals surface area contributed by atoms with E-state index in [4.69, 9.17) is 4.74 Å². The lowest BCUT2D eigenvalue weighted by molar-refractivity contribution is -0.122. The lowest BCUT2D eigenvalue weighted by atomic mass is 10.2. The van der Waals surface area contributed by atoms with Crippen molar-refractivity contribution in [2.24, 2.45) is 10.9 Å². The zero-order chi connectivity index (χ0) is 18.5. The molecule has 0 heterocycles. The Morgan fingerprint density at radius 3 is 2.62 bits per heavy atom. The molecule has 0 atom stereocenters. The third-order valence-corrected chi connectivity index (χ3v) is 4.09. The van der Waals surface area contributed by atoms with E-state index in [2.05, 4.69) is 33.1 Å². The Labute approximate surface area is 156 Å². The molecule has 1 aromatic rings. The molecule has 144 valence electrons. The van der Waals surface area contributed by atoms with Crippen LogP contribution in [0.25, 0.3) is 0 Å². The number of nitrogens with one attached hydrogen (secondary N) is 3. The average molecular weight is 361 g/mol. The Morgan fingerprint density at radius 2 is 1.88 bits per heavy atom. The molecule has 1 aliphatic rings. The third-order valence-electron chi connectivity index (χ3n) is 4.09. The van der Waals surface area contributed by atoms with Crippen LogP contribution >= 0.6 is 0 Å². The van der Waals surface area contributed by atoms with Crippen molar-refractivity contribution < 1.29 is 9.53 Å². The van der Waals surface area contributed by atoms with Crippen LogP contribution < -0.4 is 16.0 Å². The standard InChI is InChI=1S/C20H32N4O2/c1-2-21-20(24-14-13-22-19(25)18-10-11-18)23-12-6-7-15-26-16-17-8-4-3-5-9-17/h3-5,8-9,18H,2,6-7,10-16H2,1H3,(H,22,25)(H2,21,23,24). The van der Waals surface area contributed by atoms with Crippen LogP contribution in [-0.4, -0.2) is 44.7 Å². The third kappa shape index (κ3) is 8.85. The van der Waals surface area contributed by atoms with Crippen molar-refractivity contribution in [1.29, 1.82) is 0 Å². The minimum absolute atomic E-state index is 0.184. The van der Waals surface area contributed by atoms with Crippen LogP contribution in [0.4, 0.5) is 0 Å². The SMILES string of the molecule is CCNC(=NCCCCOCc1ccccc1)NCCNC(=O)C1CC1. The summed E-state index contributed by atoms with van der Waals surface area (Å²) in [5.41, 5.74) is 1.21. The molecule has 6 nitrogen and oxygen atoms in total. The lowest BCUT2D eigenvalue weighted by Crippen LogP contribution is -2.41. The largest absolute Gasteiger partial charge is 0.377 e. The number of nitrogens with zero attached hydrogens (tertiary/aromatic N) is 1. The molecule has 0 saturated heterocycles. The summed E-state index contributed by atoms with van der Waals surface area (Å²) in [5, 5.41) is 9.42. The van der Waals surface area contributed by atoms with Gasteiger partial charge in [-0.25, -0.2) is 0 Å². The normalized spacial score (nSPS) is 14.1. The van der Waals surface area contributed by atoms with Crippen molar-refractivity contribution in [3.63, 3.8) is 0 Å². The quantitative estimate of drug-likeness (QED) is 0.303. The van der Waals surface area contributed by atoms with Gasteiger partial charge in [0.2, 0.25) is 5.91 Å². The molecule has 1 saturated carbocycles. The Bertz CT molecular complexity index is 544. The molecule has 2 rings (SSSR count). The van der Waals surface area contributed by atoms with E-state index in [1.165, 1.54) is 5.56 Å². The van der Waals surface area contributed by atoms with Crippen LogP contribution in [-0.2, 0) is 16.1 Å². The molecule has 0 aromatic heterocycles. The van der Waals surface area contributed by atoms with E-state index >= 15 is 0 Å². The number of rotatable bonds is 12. The van der Waals surface area contributed by atoms with Gasteiger partial charge in [0.15, 0.2) is 5.96 Å². The molecule has 0 spiro atoms. The molecule has 3 N–H and O–H groups in total. The maximum absolute atomic E-state index is 11.6. The van der Waals surface area contributed by atoms with Gasteiger partial charge in [0.05, 0.1) is 6.61 Å². The molecule has 1 aromatic carbocycles. The molecular formula is C20H32N4O2. The first-order valence-corrected chi connectivity index (χ1v) is 9.71. The zero-order valence-electron chi connectivity index (χ0n) is 15.8. The van der Waals surface area contributed by atoms with Gasteiger partial charge in [0.25, 0.3) is 0 Å².